The SMILES string of the molecule is Fc1ccccc1COc1ccc(Cl)cc1CNc1ccc2c(c1)OCCO2. The third kappa shape index (κ3) is 4.31. The predicted octanol–water partition coefficient (Wildman–Crippen LogP) is 5.44. The second-order valence-corrected chi connectivity index (χ2v) is 6.78. The standard InChI is InChI=1S/C22H19ClFNO3/c23-17-5-7-20(28-14-15-3-1-2-4-19(15)24)16(11-17)13-25-18-6-8-21-22(12-18)27-10-9-26-21/h1-8,11-12,25H,9-10,13-14H2. The molecule has 1 N–H and O–H groups in total. The lowest BCUT2D eigenvalue weighted by Crippen LogP contribution is -2.15. The van der Waals surface area contributed by atoms with E-state index in [9.17, 15) is 4.39 Å². The Morgan fingerprint density at radius 1 is 0.929 bits per heavy atom. The van der Waals surface area contributed by atoms with E-state index in [2.05, 4.69) is 5.32 Å². The molecule has 1 aliphatic heterocycles. The molecule has 0 saturated carbocycles. The number of nitrogens with one attached hydrogen (secondary N) is 1. The molecule has 4 rings (SSSR count). The second kappa shape index (κ2) is 8.40. The molecule has 28 heavy (non-hydrogen) atoms. The molecule has 1 aliphatic rings. The van der Waals surface area contributed by atoms with E-state index in [-0.39, 0.29) is 12.4 Å². The van der Waals surface area contributed by atoms with Crippen LogP contribution in [-0.2, 0) is 13.2 Å². The number of anilines is 1. The molecule has 6 heteroatoms. The molecule has 0 amide bonds. The maximum Gasteiger partial charge on any atom is 0.163 e. The molecule has 0 spiro atoms. The molecular formula is C22H19ClFNO3. The fourth-order valence-corrected chi connectivity index (χ4v) is 3.14. The molecule has 0 bridgehead atoms. The molecule has 0 aliphatic carbocycles. The van der Waals surface area contributed by atoms with E-state index in [4.69, 9.17) is 25.8 Å². The van der Waals surface area contributed by atoms with Crippen LogP contribution in [0.2, 0.25) is 5.02 Å². The van der Waals surface area contributed by atoms with Crippen LogP contribution in [0.1, 0.15) is 11.1 Å². The largest absolute Gasteiger partial charge is 0.488 e. The summed E-state index contributed by atoms with van der Waals surface area (Å²) < 4.78 is 30.8. The Kier molecular flexibility index (Phi) is 5.53. The number of halogens is 2. The fraction of sp³-hybridized carbons (Fsp3) is 0.182. The zero-order valence-electron chi connectivity index (χ0n) is 15.1. The van der Waals surface area contributed by atoms with Gasteiger partial charge < -0.3 is 19.5 Å². The van der Waals surface area contributed by atoms with Crippen molar-refractivity contribution >= 4 is 17.3 Å². The number of rotatable bonds is 6. The van der Waals surface area contributed by atoms with E-state index >= 15 is 0 Å². The first-order chi connectivity index (χ1) is 13.7. The molecule has 0 aromatic heterocycles. The second-order valence-electron chi connectivity index (χ2n) is 6.34. The van der Waals surface area contributed by atoms with Gasteiger partial charge >= 0.3 is 0 Å². The highest BCUT2D eigenvalue weighted by atomic mass is 35.5. The van der Waals surface area contributed by atoms with Crippen molar-refractivity contribution in [2.24, 2.45) is 0 Å². The van der Waals surface area contributed by atoms with Crippen molar-refractivity contribution in [1.82, 2.24) is 0 Å². The number of hydrogen-bond donors (Lipinski definition) is 1. The Labute approximate surface area is 167 Å². The normalized spacial score (nSPS) is 12.5. The first-order valence-corrected chi connectivity index (χ1v) is 9.35. The van der Waals surface area contributed by atoms with Crippen LogP contribution in [0.25, 0.3) is 0 Å². The van der Waals surface area contributed by atoms with Crippen LogP contribution in [0.4, 0.5) is 10.1 Å². The fourth-order valence-electron chi connectivity index (χ4n) is 2.95. The highest BCUT2D eigenvalue weighted by Crippen LogP contribution is 2.33. The summed E-state index contributed by atoms with van der Waals surface area (Å²) in [5.74, 6) is 1.83. The van der Waals surface area contributed by atoms with Gasteiger partial charge in [-0.3, -0.25) is 0 Å². The van der Waals surface area contributed by atoms with Gasteiger partial charge in [-0.1, -0.05) is 29.8 Å². The molecule has 0 saturated heterocycles. The minimum Gasteiger partial charge on any atom is -0.488 e. The Morgan fingerprint density at radius 2 is 1.75 bits per heavy atom. The highest BCUT2D eigenvalue weighted by Gasteiger charge is 2.12. The monoisotopic (exact) mass is 399 g/mol. The number of fused-ring (bicyclic) bond motifs is 1. The number of ether oxygens (including phenoxy) is 3. The van der Waals surface area contributed by atoms with Gasteiger partial charge in [0.1, 0.15) is 31.4 Å². The molecule has 0 radical (unpaired) electrons. The molecule has 0 fully saturated rings. The van der Waals surface area contributed by atoms with Crippen LogP contribution >= 0.6 is 11.6 Å². The Morgan fingerprint density at radius 3 is 2.61 bits per heavy atom. The third-order valence-electron chi connectivity index (χ3n) is 4.39. The van der Waals surface area contributed by atoms with Crippen molar-refractivity contribution in [3.63, 3.8) is 0 Å². The molecular weight excluding hydrogens is 381 g/mol. The number of benzene rings is 3. The average molecular weight is 400 g/mol. The van der Waals surface area contributed by atoms with Crippen LogP contribution in [0.3, 0.4) is 0 Å². The minimum atomic E-state index is -0.285. The summed E-state index contributed by atoms with van der Waals surface area (Å²) in [6.07, 6.45) is 0. The minimum absolute atomic E-state index is 0.144. The molecule has 1 heterocycles. The van der Waals surface area contributed by atoms with Crippen molar-refractivity contribution in [3.8, 4) is 17.2 Å². The van der Waals surface area contributed by atoms with Crippen molar-refractivity contribution in [1.29, 1.82) is 0 Å². The summed E-state index contributed by atoms with van der Waals surface area (Å²) in [4.78, 5) is 0. The number of hydrogen-bond acceptors (Lipinski definition) is 4. The Balaban J connectivity index is 1.47. The summed E-state index contributed by atoms with van der Waals surface area (Å²) in [7, 11) is 0. The van der Waals surface area contributed by atoms with Gasteiger partial charge in [0.15, 0.2) is 11.5 Å². The van der Waals surface area contributed by atoms with Crippen molar-refractivity contribution in [2.75, 3.05) is 18.5 Å². The quantitative estimate of drug-likeness (QED) is 0.599. The van der Waals surface area contributed by atoms with Crippen LogP contribution in [-0.4, -0.2) is 13.2 Å². The van der Waals surface area contributed by atoms with Gasteiger partial charge in [0.25, 0.3) is 0 Å². The van der Waals surface area contributed by atoms with Gasteiger partial charge in [-0.05, 0) is 36.4 Å². The van der Waals surface area contributed by atoms with E-state index in [1.165, 1.54) is 6.07 Å². The molecule has 0 unspecified atom stereocenters. The molecule has 0 atom stereocenters. The maximum atomic E-state index is 13.8. The van der Waals surface area contributed by atoms with Crippen molar-refractivity contribution < 1.29 is 18.6 Å². The first kappa shape index (κ1) is 18.4. The van der Waals surface area contributed by atoms with Gasteiger partial charge in [-0.2, -0.15) is 0 Å². The summed E-state index contributed by atoms with van der Waals surface area (Å²) in [5.41, 5.74) is 2.27. The van der Waals surface area contributed by atoms with Gasteiger partial charge in [-0.25, -0.2) is 4.39 Å². The Bertz CT molecular complexity index is 980. The van der Waals surface area contributed by atoms with Crippen molar-refractivity contribution in [2.45, 2.75) is 13.2 Å². The third-order valence-corrected chi connectivity index (χ3v) is 4.62. The summed E-state index contributed by atoms with van der Waals surface area (Å²) in [6, 6.07) is 17.7. The summed E-state index contributed by atoms with van der Waals surface area (Å²) in [6.45, 7) is 1.74. The van der Waals surface area contributed by atoms with E-state index in [1.807, 2.05) is 24.3 Å². The average Bonchev–Trinajstić information content (AvgIpc) is 2.72. The van der Waals surface area contributed by atoms with E-state index < -0.39 is 0 Å². The van der Waals surface area contributed by atoms with E-state index in [0.717, 1.165) is 22.7 Å². The van der Waals surface area contributed by atoms with E-state index in [0.29, 0.717) is 36.1 Å². The van der Waals surface area contributed by atoms with E-state index in [1.54, 1.807) is 30.3 Å². The zero-order valence-corrected chi connectivity index (χ0v) is 15.8. The van der Waals surface area contributed by atoms with Gasteiger partial charge in [0, 0.05) is 34.4 Å². The smallest absolute Gasteiger partial charge is 0.163 e. The predicted molar refractivity (Wildman–Crippen MR) is 107 cm³/mol. The van der Waals surface area contributed by atoms with Gasteiger partial charge in [-0.15, -0.1) is 0 Å². The molecule has 3 aromatic rings. The molecule has 4 nitrogen and oxygen atoms in total. The van der Waals surface area contributed by atoms with Crippen LogP contribution in [0.15, 0.2) is 60.7 Å². The topological polar surface area (TPSA) is 39.7 Å². The van der Waals surface area contributed by atoms with Crippen LogP contribution < -0.4 is 19.5 Å². The molecule has 3 aromatic carbocycles. The lowest BCUT2D eigenvalue weighted by atomic mass is 10.2. The first-order valence-electron chi connectivity index (χ1n) is 8.97. The maximum absolute atomic E-state index is 13.8. The van der Waals surface area contributed by atoms with Crippen LogP contribution in [0.5, 0.6) is 17.2 Å². The van der Waals surface area contributed by atoms with Gasteiger partial charge in [0.05, 0.1) is 0 Å². The van der Waals surface area contributed by atoms with Gasteiger partial charge in [0.2, 0.25) is 0 Å². The zero-order chi connectivity index (χ0) is 19.3. The van der Waals surface area contributed by atoms with Crippen molar-refractivity contribution in [3.05, 3.63) is 82.6 Å². The lowest BCUT2D eigenvalue weighted by Gasteiger charge is -2.19. The highest BCUT2D eigenvalue weighted by molar-refractivity contribution is 6.30. The molecule has 144 valence electrons. The summed E-state index contributed by atoms with van der Waals surface area (Å²) >= 11 is 6.16. The Hall–Kier alpha value is -2.92. The van der Waals surface area contributed by atoms with Crippen LogP contribution in [0, 0.1) is 5.82 Å². The lowest BCUT2D eigenvalue weighted by molar-refractivity contribution is 0.171. The summed E-state index contributed by atoms with van der Waals surface area (Å²) in [5, 5.41) is 3.95.